The second-order valence-corrected chi connectivity index (χ2v) is 6.52. The van der Waals surface area contributed by atoms with Crippen LogP contribution in [0, 0.1) is 6.92 Å². The van der Waals surface area contributed by atoms with Gasteiger partial charge in [-0.05, 0) is 30.7 Å². The van der Waals surface area contributed by atoms with E-state index in [4.69, 9.17) is 16.0 Å². The van der Waals surface area contributed by atoms with Crippen LogP contribution in [0.25, 0.3) is 11.3 Å². The van der Waals surface area contributed by atoms with Gasteiger partial charge >= 0.3 is 0 Å². The van der Waals surface area contributed by atoms with Crippen LogP contribution in [0.3, 0.4) is 0 Å². The minimum Gasteiger partial charge on any atom is -0.431 e. The fourth-order valence-electron chi connectivity index (χ4n) is 2.13. The number of benzene rings is 2. The second kappa shape index (κ2) is 7.55. The van der Waals surface area contributed by atoms with Crippen molar-refractivity contribution in [2.24, 2.45) is 0 Å². The van der Waals surface area contributed by atoms with Crippen LogP contribution >= 0.6 is 23.4 Å². The lowest BCUT2D eigenvalue weighted by atomic mass is 10.2. The van der Waals surface area contributed by atoms with E-state index in [-0.39, 0.29) is 11.7 Å². The number of amides is 1. The molecule has 1 heterocycles. The molecule has 3 rings (SSSR count). The molecule has 4 nitrogen and oxygen atoms in total. The number of para-hydroxylation sites is 1. The molecule has 0 saturated heterocycles. The molecule has 0 spiro atoms. The Balaban J connectivity index is 1.59. The van der Waals surface area contributed by atoms with E-state index in [2.05, 4.69) is 10.3 Å². The van der Waals surface area contributed by atoms with Gasteiger partial charge < -0.3 is 9.73 Å². The molecule has 1 amide bonds. The molecule has 2 aromatic carbocycles. The van der Waals surface area contributed by atoms with Crippen LogP contribution in [0.2, 0.25) is 5.02 Å². The van der Waals surface area contributed by atoms with E-state index in [1.807, 2.05) is 43.3 Å². The normalized spacial score (nSPS) is 10.6. The molecular weight excluding hydrogens is 344 g/mol. The van der Waals surface area contributed by atoms with E-state index < -0.39 is 0 Å². The lowest BCUT2D eigenvalue weighted by Gasteiger charge is -2.06. The number of aromatic nitrogens is 1. The monoisotopic (exact) mass is 358 g/mol. The highest BCUT2D eigenvalue weighted by Gasteiger charge is 2.10. The summed E-state index contributed by atoms with van der Waals surface area (Å²) in [6, 6.07) is 15.0. The highest BCUT2D eigenvalue weighted by atomic mass is 35.5. The molecule has 3 aromatic rings. The van der Waals surface area contributed by atoms with Crippen molar-refractivity contribution in [2.75, 3.05) is 11.1 Å². The molecule has 6 heteroatoms. The summed E-state index contributed by atoms with van der Waals surface area (Å²) in [5.74, 6) is 0.750. The Bertz CT molecular complexity index is 863. The molecule has 0 saturated carbocycles. The molecule has 0 aliphatic carbocycles. The van der Waals surface area contributed by atoms with Gasteiger partial charge in [-0.15, -0.1) is 0 Å². The largest absolute Gasteiger partial charge is 0.431 e. The quantitative estimate of drug-likeness (QED) is 0.649. The van der Waals surface area contributed by atoms with E-state index in [0.29, 0.717) is 16.0 Å². The van der Waals surface area contributed by atoms with Crippen molar-refractivity contribution < 1.29 is 9.21 Å². The lowest BCUT2D eigenvalue weighted by Crippen LogP contribution is -2.14. The van der Waals surface area contributed by atoms with Crippen molar-refractivity contribution in [3.05, 3.63) is 65.3 Å². The predicted molar refractivity (Wildman–Crippen MR) is 97.5 cm³/mol. The van der Waals surface area contributed by atoms with Crippen LogP contribution in [-0.4, -0.2) is 16.6 Å². The van der Waals surface area contributed by atoms with Gasteiger partial charge in [0.1, 0.15) is 0 Å². The maximum atomic E-state index is 12.0. The Morgan fingerprint density at radius 1 is 1.25 bits per heavy atom. The summed E-state index contributed by atoms with van der Waals surface area (Å²) in [4.78, 5) is 16.2. The van der Waals surface area contributed by atoms with E-state index in [0.717, 1.165) is 16.8 Å². The third-order valence-corrected chi connectivity index (χ3v) is 4.42. The maximum Gasteiger partial charge on any atom is 0.256 e. The fourth-order valence-corrected chi connectivity index (χ4v) is 2.92. The number of nitrogens with zero attached hydrogens (tertiary/aromatic N) is 1. The molecule has 0 radical (unpaired) electrons. The Morgan fingerprint density at radius 3 is 2.88 bits per heavy atom. The van der Waals surface area contributed by atoms with Crippen LogP contribution in [0.4, 0.5) is 5.69 Å². The number of aryl methyl sites for hydroxylation is 1. The third-order valence-electron chi connectivity index (χ3n) is 3.34. The second-order valence-electron chi connectivity index (χ2n) is 5.15. The molecule has 0 bridgehead atoms. The van der Waals surface area contributed by atoms with Crippen molar-refractivity contribution in [1.82, 2.24) is 4.98 Å². The van der Waals surface area contributed by atoms with Crippen molar-refractivity contribution >= 4 is 35.0 Å². The van der Waals surface area contributed by atoms with E-state index >= 15 is 0 Å². The highest BCUT2D eigenvalue weighted by Crippen LogP contribution is 2.27. The summed E-state index contributed by atoms with van der Waals surface area (Å²) in [6.45, 7) is 1.95. The third kappa shape index (κ3) is 4.19. The van der Waals surface area contributed by atoms with Gasteiger partial charge in [0, 0.05) is 16.3 Å². The molecule has 0 aliphatic rings. The lowest BCUT2D eigenvalue weighted by molar-refractivity contribution is -0.113. The molecule has 122 valence electrons. The summed E-state index contributed by atoms with van der Waals surface area (Å²) in [5.41, 5.74) is 2.69. The molecule has 0 fully saturated rings. The minimum atomic E-state index is -0.100. The first-order valence-electron chi connectivity index (χ1n) is 7.32. The van der Waals surface area contributed by atoms with Crippen molar-refractivity contribution in [2.45, 2.75) is 12.1 Å². The van der Waals surface area contributed by atoms with Gasteiger partial charge in [-0.3, -0.25) is 4.79 Å². The average Bonchev–Trinajstić information content (AvgIpc) is 3.04. The van der Waals surface area contributed by atoms with Gasteiger partial charge in [-0.1, -0.05) is 53.7 Å². The van der Waals surface area contributed by atoms with Crippen LogP contribution in [0.15, 0.2) is 64.4 Å². The zero-order valence-electron chi connectivity index (χ0n) is 13.0. The number of carbonyl (C=O) groups excluding carboxylic acids is 1. The first-order valence-corrected chi connectivity index (χ1v) is 8.68. The molecular formula is C18H15ClN2O2S. The summed E-state index contributed by atoms with van der Waals surface area (Å²) >= 11 is 7.22. The SMILES string of the molecule is Cc1ccccc1NC(=O)CSc1ncc(-c2cccc(Cl)c2)o1. The number of anilines is 1. The van der Waals surface area contributed by atoms with Gasteiger partial charge in [0.15, 0.2) is 5.76 Å². The average molecular weight is 359 g/mol. The Morgan fingerprint density at radius 2 is 2.08 bits per heavy atom. The smallest absolute Gasteiger partial charge is 0.256 e. The van der Waals surface area contributed by atoms with Gasteiger partial charge in [0.05, 0.1) is 11.9 Å². The van der Waals surface area contributed by atoms with Crippen molar-refractivity contribution in [3.8, 4) is 11.3 Å². The first-order chi connectivity index (χ1) is 11.6. The van der Waals surface area contributed by atoms with Crippen molar-refractivity contribution in [1.29, 1.82) is 0 Å². The van der Waals surface area contributed by atoms with Crippen LogP contribution in [0.1, 0.15) is 5.56 Å². The van der Waals surface area contributed by atoms with Gasteiger partial charge in [-0.2, -0.15) is 0 Å². The number of rotatable bonds is 5. The van der Waals surface area contributed by atoms with E-state index in [9.17, 15) is 4.79 Å². The molecule has 24 heavy (non-hydrogen) atoms. The van der Waals surface area contributed by atoms with Gasteiger partial charge in [0.2, 0.25) is 5.91 Å². The molecule has 0 aliphatic heterocycles. The number of halogens is 1. The number of hydrogen-bond acceptors (Lipinski definition) is 4. The van der Waals surface area contributed by atoms with Gasteiger partial charge in [0.25, 0.3) is 5.22 Å². The molecule has 1 aromatic heterocycles. The number of nitrogens with one attached hydrogen (secondary N) is 1. The molecule has 0 unspecified atom stereocenters. The molecule has 1 N–H and O–H groups in total. The summed E-state index contributed by atoms with van der Waals surface area (Å²) in [5, 5.41) is 3.96. The maximum absolute atomic E-state index is 12.0. The number of hydrogen-bond donors (Lipinski definition) is 1. The summed E-state index contributed by atoms with van der Waals surface area (Å²) < 4.78 is 5.66. The number of oxazole rings is 1. The Labute approximate surface area is 149 Å². The van der Waals surface area contributed by atoms with E-state index in [1.165, 1.54) is 11.8 Å². The summed E-state index contributed by atoms with van der Waals surface area (Å²) in [6.07, 6.45) is 1.63. The molecule has 0 atom stereocenters. The fraction of sp³-hybridized carbons (Fsp3) is 0.111. The summed E-state index contributed by atoms with van der Waals surface area (Å²) in [7, 11) is 0. The zero-order valence-corrected chi connectivity index (χ0v) is 14.5. The Hall–Kier alpha value is -2.24. The predicted octanol–water partition coefficient (Wildman–Crippen LogP) is 5.03. The standard InChI is InChI=1S/C18H15ClN2O2S/c1-12-5-2-3-8-15(12)21-17(22)11-24-18-20-10-16(23-18)13-6-4-7-14(19)9-13/h2-10H,11H2,1H3,(H,21,22). The van der Waals surface area contributed by atoms with Crippen LogP contribution in [0.5, 0.6) is 0 Å². The minimum absolute atomic E-state index is 0.100. The highest BCUT2D eigenvalue weighted by molar-refractivity contribution is 7.99. The van der Waals surface area contributed by atoms with Crippen LogP contribution < -0.4 is 5.32 Å². The van der Waals surface area contributed by atoms with Gasteiger partial charge in [-0.25, -0.2) is 4.98 Å². The topological polar surface area (TPSA) is 55.1 Å². The zero-order chi connectivity index (χ0) is 16.9. The first kappa shape index (κ1) is 16.6. The Kier molecular flexibility index (Phi) is 5.23. The number of carbonyl (C=O) groups is 1. The number of thioether (sulfide) groups is 1. The van der Waals surface area contributed by atoms with E-state index in [1.54, 1.807) is 18.3 Å². The van der Waals surface area contributed by atoms with Crippen LogP contribution in [-0.2, 0) is 4.79 Å². The van der Waals surface area contributed by atoms with Crippen molar-refractivity contribution in [3.63, 3.8) is 0 Å².